The van der Waals surface area contributed by atoms with Crippen LogP contribution < -0.4 is 0 Å². The number of nitrogens with zero attached hydrogens (tertiary/aromatic N) is 1. The molecule has 124 valence electrons. The lowest BCUT2D eigenvalue weighted by Gasteiger charge is -2.13. The van der Waals surface area contributed by atoms with Crippen LogP contribution >= 0.6 is 0 Å². The van der Waals surface area contributed by atoms with Crippen LogP contribution in [-0.2, 0) is 11.3 Å². The summed E-state index contributed by atoms with van der Waals surface area (Å²) in [7, 11) is 0. The molecule has 3 aromatic rings. The van der Waals surface area contributed by atoms with Crippen molar-refractivity contribution in [2.45, 2.75) is 32.9 Å². The van der Waals surface area contributed by atoms with Gasteiger partial charge in [-0.05, 0) is 53.6 Å². The third-order valence-corrected chi connectivity index (χ3v) is 4.52. The van der Waals surface area contributed by atoms with E-state index in [0.717, 1.165) is 17.4 Å². The second-order valence-corrected chi connectivity index (χ2v) is 6.25. The number of aliphatic carboxylic acids is 1. The Morgan fingerprint density at radius 2 is 1.83 bits per heavy atom. The number of carbonyl (C=O) groups is 1. The maximum Gasteiger partial charge on any atom is 0.306 e. The van der Waals surface area contributed by atoms with Gasteiger partial charge in [-0.1, -0.05) is 30.3 Å². The van der Waals surface area contributed by atoms with E-state index in [0.29, 0.717) is 5.56 Å². The molecular formula is C20H21NO3. The molecule has 0 amide bonds. The zero-order chi connectivity index (χ0) is 17.3. The first-order valence-corrected chi connectivity index (χ1v) is 7.99. The number of benzene rings is 2. The summed E-state index contributed by atoms with van der Waals surface area (Å²) in [4.78, 5) is 10.8. The fourth-order valence-electron chi connectivity index (χ4n) is 3.10. The molecule has 0 saturated carbocycles. The van der Waals surface area contributed by atoms with Gasteiger partial charge in [0, 0.05) is 18.3 Å². The van der Waals surface area contributed by atoms with Crippen LogP contribution in [0.5, 0.6) is 0 Å². The van der Waals surface area contributed by atoms with Gasteiger partial charge in [-0.3, -0.25) is 4.79 Å². The quantitative estimate of drug-likeness (QED) is 0.750. The number of aryl methyl sites for hydroxylation is 2. The van der Waals surface area contributed by atoms with Crippen molar-refractivity contribution >= 4 is 16.9 Å². The van der Waals surface area contributed by atoms with Gasteiger partial charge in [0.25, 0.3) is 0 Å². The molecule has 0 aliphatic heterocycles. The molecule has 1 aromatic heterocycles. The molecule has 0 saturated heterocycles. The normalized spacial score (nSPS) is 12.5. The van der Waals surface area contributed by atoms with E-state index in [2.05, 4.69) is 36.6 Å². The van der Waals surface area contributed by atoms with Crippen molar-refractivity contribution in [1.82, 2.24) is 4.57 Å². The highest BCUT2D eigenvalue weighted by atomic mass is 16.4. The monoisotopic (exact) mass is 323 g/mol. The van der Waals surface area contributed by atoms with Crippen LogP contribution in [0.2, 0.25) is 0 Å². The lowest BCUT2D eigenvalue weighted by Crippen LogP contribution is -2.06. The third-order valence-electron chi connectivity index (χ3n) is 4.52. The van der Waals surface area contributed by atoms with Crippen molar-refractivity contribution in [2.24, 2.45) is 0 Å². The Balaban J connectivity index is 1.98. The summed E-state index contributed by atoms with van der Waals surface area (Å²) in [5, 5.41) is 20.0. The average molecular weight is 323 g/mol. The lowest BCUT2D eigenvalue weighted by atomic mass is 10.0. The fraction of sp³-hybridized carbons (Fsp3) is 0.250. The number of carboxylic acid groups (broad SMARTS) is 1. The number of aliphatic hydroxyl groups excluding tert-OH is 1. The molecule has 2 N–H and O–H groups in total. The van der Waals surface area contributed by atoms with E-state index >= 15 is 0 Å². The summed E-state index contributed by atoms with van der Waals surface area (Å²) >= 11 is 0. The predicted molar refractivity (Wildman–Crippen MR) is 94.2 cm³/mol. The van der Waals surface area contributed by atoms with Crippen LogP contribution in [0.4, 0.5) is 0 Å². The van der Waals surface area contributed by atoms with E-state index in [1.54, 1.807) is 6.07 Å². The predicted octanol–water partition coefficient (Wildman–Crippen LogP) is 3.81. The number of fused-ring (bicyclic) bond motifs is 1. The van der Waals surface area contributed by atoms with E-state index < -0.39 is 12.1 Å². The highest BCUT2D eigenvalue weighted by Crippen LogP contribution is 2.25. The second-order valence-electron chi connectivity index (χ2n) is 6.25. The van der Waals surface area contributed by atoms with Gasteiger partial charge in [0.2, 0.25) is 0 Å². The summed E-state index contributed by atoms with van der Waals surface area (Å²) in [6, 6.07) is 13.9. The molecule has 1 heterocycles. The van der Waals surface area contributed by atoms with Crippen molar-refractivity contribution in [3.63, 3.8) is 0 Å². The third kappa shape index (κ3) is 3.19. The molecule has 0 aliphatic rings. The van der Waals surface area contributed by atoms with E-state index in [4.69, 9.17) is 5.11 Å². The number of rotatable bonds is 5. The highest BCUT2D eigenvalue weighted by molar-refractivity contribution is 5.81. The number of hydrogen-bond donors (Lipinski definition) is 2. The zero-order valence-corrected chi connectivity index (χ0v) is 13.9. The molecule has 1 atom stereocenters. The Kier molecular flexibility index (Phi) is 4.40. The van der Waals surface area contributed by atoms with Crippen molar-refractivity contribution < 1.29 is 15.0 Å². The molecule has 2 aromatic carbocycles. The van der Waals surface area contributed by atoms with E-state index in [9.17, 15) is 9.90 Å². The van der Waals surface area contributed by atoms with Crippen molar-refractivity contribution in [3.8, 4) is 0 Å². The van der Waals surface area contributed by atoms with Crippen LogP contribution in [0.25, 0.3) is 10.9 Å². The van der Waals surface area contributed by atoms with Gasteiger partial charge in [-0.15, -0.1) is 0 Å². The molecule has 4 heteroatoms. The molecule has 24 heavy (non-hydrogen) atoms. The molecule has 0 spiro atoms. The van der Waals surface area contributed by atoms with Crippen LogP contribution in [0.3, 0.4) is 0 Å². The first-order chi connectivity index (χ1) is 11.5. The second kappa shape index (κ2) is 6.49. The van der Waals surface area contributed by atoms with Gasteiger partial charge < -0.3 is 14.8 Å². The summed E-state index contributed by atoms with van der Waals surface area (Å²) in [5.74, 6) is -1.01. The lowest BCUT2D eigenvalue weighted by molar-refractivity contribution is -0.139. The molecule has 3 rings (SSSR count). The van der Waals surface area contributed by atoms with Crippen LogP contribution in [-0.4, -0.2) is 20.7 Å². The number of aromatic nitrogens is 1. The highest BCUT2D eigenvalue weighted by Gasteiger charge is 2.14. The number of hydrogen-bond acceptors (Lipinski definition) is 2. The minimum atomic E-state index is -1.01. The molecule has 1 unspecified atom stereocenters. The smallest absolute Gasteiger partial charge is 0.306 e. The summed E-state index contributed by atoms with van der Waals surface area (Å²) in [6.45, 7) is 4.96. The minimum absolute atomic E-state index is 0.289. The zero-order valence-electron chi connectivity index (χ0n) is 13.9. The molecule has 0 aliphatic carbocycles. The molecule has 4 nitrogen and oxygen atoms in total. The van der Waals surface area contributed by atoms with Crippen molar-refractivity contribution in [2.75, 3.05) is 0 Å². The maximum atomic E-state index is 10.8. The first kappa shape index (κ1) is 16.3. The van der Waals surface area contributed by atoms with Crippen LogP contribution in [0.1, 0.15) is 34.8 Å². The molecule has 0 radical (unpaired) electrons. The topological polar surface area (TPSA) is 62.5 Å². The van der Waals surface area contributed by atoms with E-state index in [1.165, 1.54) is 16.7 Å². The van der Waals surface area contributed by atoms with Gasteiger partial charge in [0.15, 0.2) is 0 Å². The van der Waals surface area contributed by atoms with Gasteiger partial charge in [0.1, 0.15) is 0 Å². The van der Waals surface area contributed by atoms with E-state index in [1.807, 2.05) is 24.4 Å². The molecule has 0 fully saturated rings. The van der Waals surface area contributed by atoms with Crippen molar-refractivity contribution in [1.29, 1.82) is 0 Å². The summed E-state index contributed by atoms with van der Waals surface area (Å²) in [5.41, 5.74) is 5.41. The number of aliphatic hydroxyl groups is 1. The Labute approximate surface area is 141 Å². The van der Waals surface area contributed by atoms with Gasteiger partial charge in [-0.25, -0.2) is 0 Å². The van der Waals surface area contributed by atoms with Gasteiger partial charge >= 0.3 is 5.97 Å². The van der Waals surface area contributed by atoms with Gasteiger partial charge in [0.05, 0.1) is 12.5 Å². The summed E-state index contributed by atoms with van der Waals surface area (Å²) in [6.07, 6.45) is 0.753. The molecular weight excluding hydrogens is 302 g/mol. The Morgan fingerprint density at radius 1 is 1.12 bits per heavy atom. The minimum Gasteiger partial charge on any atom is -0.481 e. The SMILES string of the molecule is Cc1cccc(C)c1Cn1ccc2ccc(C(O)CC(=O)O)cc21. The van der Waals surface area contributed by atoms with Crippen molar-refractivity contribution in [3.05, 3.63) is 70.9 Å². The van der Waals surface area contributed by atoms with Gasteiger partial charge in [-0.2, -0.15) is 0 Å². The largest absolute Gasteiger partial charge is 0.481 e. The molecule has 0 bridgehead atoms. The first-order valence-electron chi connectivity index (χ1n) is 7.99. The standard InChI is InChI=1S/C20H21NO3/c1-13-4-3-5-14(2)17(13)12-21-9-8-15-6-7-16(10-18(15)21)19(22)11-20(23)24/h3-10,19,22H,11-12H2,1-2H3,(H,23,24). The summed E-state index contributed by atoms with van der Waals surface area (Å²) < 4.78 is 2.14. The fourth-order valence-corrected chi connectivity index (χ4v) is 3.10. The average Bonchev–Trinajstić information content (AvgIpc) is 2.92. The van der Waals surface area contributed by atoms with Crippen LogP contribution in [0, 0.1) is 13.8 Å². The number of carboxylic acids is 1. The Bertz CT molecular complexity index is 875. The van der Waals surface area contributed by atoms with E-state index in [-0.39, 0.29) is 6.42 Å². The Hall–Kier alpha value is -2.59. The van der Waals surface area contributed by atoms with Crippen LogP contribution in [0.15, 0.2) is 48.7 Å². The Morgan fingerprint density at radius 3 is 2.50 bits per heavy atom. The maximum absolute atomic E-state index is 10.8.